The molecule has 0 aromatic heterocycles. The van der Waals surface area contributed by atoms with Gasteiger partial charge in [0.2, 0.25) is 0 Å². The molecule has 0 amide bonds. The lowest BCUT2D eigenvalue weighted by molar-refractivity contribution is 0.151. The first-order valence-corrected chi connectivity index (χ1v) is 8.17. The molecule has 0 aromatic rings. The first kappa shape index (κ1) is 16.0. The van der Waals surface area contributed by atoms with Crippen LogP contribution in [0.2, 0.25) is 0 Å². The SMILES string of the molecule is CCCCCCCCN1CCCC(C(C)NC)C1. The van der Waals surface area contributed by atoms with Gasteiger partial charge in [0.15, 0.2) is 0 Å². The van der Waals surface area contributed by atoms with Crippen LogP contribution in [0.5, 0.6) is 0 Å². The van der Waals surface area contributed by atoms with E-state index in [1.54, 1.807) is 0 Å². The Balaban J connectivity index is 2.07. The van der Waals surface area contributed by atoms with Crippen LogP contribution in [0.1, 0.15) is 65.2 Å². The molecule has 2 atom stereocenters. The molecule has 108 valence electrons. The number of hydrogen-bond acceptors (Lipinski definition) is 2. The van der Waals surface area contributed by atoms with Gasteiger partial charge in [-0.25, -0.2) is 0 Å². The number of hydrogen-bond donors (Lipinski definition) is 1. The number of likely N-dealkylation sites (tertiary alicyclic amines) is 1. The van der Waals surface area contributed by atoms with Gasteiger partial charge in [-0.1, -0.05) is 39.0 Å². The van der Waals surface area contributed by atoms with Crippen LogP contribution in [0.4, 0.5) is 0 Å². The van der Waals surface area contributed by atoms with Crippen molar-refractivity contribution >= 4 is 0 Å². The molecule has 1 aliphatic heterocycles. The van der Waals surface area contributed by atoms with Crippen molar-refractivity contribution in [1.29, 1.82) is 0 Å². The van der Waals surface area contributed by atoms with Gasteiger partial charge < -0.3 is 10.2 Å². The molecular formula is C16H34N2. The molecule has 2 nitrogen and oxygen atoms in total. The van der Waals surface area contributed by atoms with Gasteiger partial charge in [-0.3, -0.25) is 0 Å². The number of unbranched alkanes of at least 4 members (excludes halogenated alkanes) is 5. The second kappa shape index (κ2) is 9.80. The Morgan fingerprint density at radius 2 is 1.89 bits per heavy atom. The zero-order valence-corrected chi connectivity index (χ0v) is 12.9. The average Bonchev–Trinajstić information content (AvgIpc) is 2.42. The van der Waals surface area contributed by atoms with E-state index in [1.807, 2.05) is 0 Å². The normalized spacial score (nSPS) is 23.2. The molecule has 2 heteroatoms. The monoisotopic (exact) mass is 254 g/mol. The van der Waals surface area contributed by atoms with Crippen LogP contribution in [-0.2, 0) is 0 Å². The van der Waals surface area contributed by atoms with Gasteiger partial charge in [-0.15, -0.1) is 0 Å². The second-order valence-corrected chi connectivity index (χ2v) is 6.05. The van der Waals surface area contributed by atoms with E-state index in [0.717, 1.165) is 5.92 Å². The summed E-state index contributed by atoms with van der Waals surface area (Å²) in [6.07, 6.45) is 11.3. The smallest absolute Gasteiger partial charge is 0.00762 e. The summed E-state index contributed by atoms with van der Waals surface area (Å²) >= 11 is 0. The highest BCUT2D eigenvalue weighted by Crippen LogP contribution is 2.20. The Kier molecular flexibility index (Phi) is 8.70. The Bertz CT molecular complexity index is 194. The summed E-state index contributed by atoms with van der Waals surface area (Å²) in [4.78, 5) is 2.70. The van der Waals surface area contributed by atoms with E-state index >= 15 is 0 Å². The van der Waals surface area contributed by atoms with Gasteiger partial charge in [0.25, 0.3) is 0 Å². The maximum Gasteiger partial charge on any atom is 0.00762 e. The van der Waals surface area contributed by atoms with Crippen molar-refractivity contribution in [3.05, 3.63) is 0 Å². The van der Waals surface area contributed by atoms with Crippen molar-refractivity contribution < 1.29 is 0 Å². The number of nitrogens with zero attached hydrogens (tertiary/aromatic N) is 1. The van der Waals surface area contributed by atoms with Crippen molar-refractivity contribution in [3.63, 3.8) is 0 Å². The fraction of sp³-hybridized carbons (Fsp3) is 1.00. The summed E-state index contributed by atoms with van der Waals surface area (Å²) in [5, 5.41) is 3.42. The summed E-state index contributed by atoms with van der Waals surface area (Å²) in [7, 11) is 2.09. The predicted octanol–water partition coefficient (Wildman–Crippen LogP) is 3.67. The van der Waals surface area contributed by atoms with Crippen molar-refractivity contribution in [2.24, 2.45) is 5.92 Å². The fourth-order valence-corrected chi connectivity index (χ4v) is 3.05. The molecule has 0 radical (unpaired) electrons. The number of nitrogens with one attached hydrogen (secondary N) is 1. The first-order valence-electron chi connectivity index (χ1n) is 8.17. The molecule has 1 saturated heterocycles. The quantitative estimate of drug-likeness (QED) is 0.632. The minimum atomic E-state index is 0.678. The Labute approximate surface area is 115 Å². The first-order chi connectivity index (χ1) is 8.77. The van der Waals surface area contributed by atoms with E-state index in [1.165, 1.54) is 71.0 Å². The highest BCUT2D eigenvalue weighted by molar-refractivity contribution is 4.79. The standard InChI is InChI=1S/C16H34N2/c1-4-5-6-7-8-9-12-18-13-10-11-16(14-18)15(2)17-3/h15-17H,4-14H2,1-3H3. The van der Waals surface area contributed by atoms with Crippen LogP contribution in [-0.4, -0.2) is 37.6 Å². The van der Waals surface area contributed by atoms with Gasteiger partial charge in [0.1, 0.15) is 0 Å². The third kappa shape index (κ3) is 6.19. The molecule has 0 spiro atoms. The fourth-order valence-electron chi connectivity index (χ4n) is 3.05. The third-order valence-electron chi connectivity index (χ3n) is 4.53. The molecule has 1 aliphatic rings. The maximum atomic E-state index is 3.42. The average molecular weight is 254 g/mol. The van der Waals surface area contributed by atoms with Gasteiger partial charge in [-0.2, -0.15) is 0 Å². The topological polar surface area (TPSA) is 15.3 Å². The lowest BCUT2D eigenvalue weighted by Crippen LogP contribution is -2.43. The van der Waals surface area contributed by atoms with Crippen LogP contribution in [0.15, 0.2) is 0 Å². The molecule has 0 saturated carbocycles. The zero-order chi connectivity index (χ0) is 13.2. The van der Waals surface area contributed by atoms with Gasteiger partial charge in [0.05, 0.1) is 0 Å². The summed E-state index contributed by atoms with van der Waals surface area (Å²) in [5.41, 5.74) is 0. The molecule has 1 N–H and O–H groups in total. The van der Waals surface area contributed by atoms with Crippen LogP contribution in [0.25, 0.3) is 0 Å². The molecular weight excluding hydrogens is 220 g/mol. The third-order valence-corrected chi connectivity index (χ3v) is 4.53. The molecule has 18 heavy (non-hydrogen) atoms. The van der Waals surface area contributed by atoms with Gasteiger partial charge >= 0.3 is 0 Å². The van der Waals surface area contributed by atoms with Crippen LogP contribution < -0.4 is 5.32 Å². The Hall–Kier alpha value is -0.0800. The maximum absolute atomic E-state index is 3.42. The van der Waals surface area contributed by atoms with Gasteiger partial charge in [0, 0.05) is 12.6 Å². The molecule has 0 aliphatic carbocycles. The lowest BCUT2D eigenvalue weighted by atomic mass is 9.91. The van der Waals surface area contributed by atoms with Crippen molar-refractivity contribution in [1.82, 2.24) is 10.2 Å². The molecule has 0 bridgehead atoms. The summed E-state index contributed by atoms with van der Waals surface area (Å²) in [6, 6.07) is 0.678. The lowest BCUT2D eigenvalue weighted by Gasteiger charge is -2.35. The Morgan fingerprint density at radius 3 is 2.61 bits per heavy atom. The summed E-state index contributed by atoms with van der Waals surface area (Å²) in [6.45, 7) is 8.60. The summed E-state index contributed by atoms with van der Waals surface area (Å²) < 4.78 is 0. The van der Waals surface area contributed by atoms with Crippen LogP contribution >= 0.6 is 0 Å². The van der Waals surface area contributed by atoms with E-state index < -0.39 is 0 Å². The minimum Gasteiger partial charge on any atom is -0.317 e. The zero-order valence-electron chi connectivity index (χ0n) is 12.9. The van der Waals surface area contributed by atoms with E-state index in [2.05, 4.69) is 31.1 Å². The van der Waals surface area contributed by atoms with E-state index in [9.17, 15) is 0 Å². The van der Waals surface area contributed by atoms with Crippen molar-refractivity contribution in [3.8, 4) is 0 Å². The van der Waals surface area contributed by atoms with E-state index in [-0.39, 0.29) is 0 Å². The van der Waals surface area contributed by atoms with Gasteiger partial charge in [-0.05, 0) is 52.2 Å². The molecule has 0 aromatic carbocycles. The summed E-state index contributed by atoms with van der Waals surface area (Å²) in [5.74, 6) is 0.865. The van der Waals surface area contributed by atoms with Crippen LogP contribution in [0, 0.1) is 5.92 Å². The highest BCUT2D eigenvalue weighted by Gasteiger charge is 2.23. The Morgan fingerprint density at radius 1 is 1.17 bits per heavy atom. The van der Waals surface area contributed by atoms with Crippen molar-refractivity contribution in [2.75, 3.05) is 26.7 Å². The second-order valence-electron chi connectivity index (χ2n) is 6.05. The van der Waals surface area contributed by atoms with E-state index in [4.69, 9.17) is 0 Å². The van der Waals surface area contributed by atoms with Crippen molar-refractivity contribution in [2.45, 2.75) is 71.3 Å². The van der Waals surface area contributed by atoms with Crippen LogP contribution in [0.3, 0.4) is 0 Å². The molecule has 1 heterocycles. The predicted molar refractivity (Wildman–Crippen MR) is 81.1 cm³/mol. The molecule has 2 unspecified atom stereocenters. The number of rotatable bonds is 9. The molecule has 1 rings (SSSR count). The largest absolute Gasteiger partial charge is 0.317 e. The number of piperidine rings is 1. The van der Waals surface area contributed by atoms with E-state index in [0.29, 0.717) is 6.04 Å². The minimum absolute atomic E-state index is 0.678. The highest BCUT2D eigenvalue weighted by atomic mass is 15.1. The molecule has 1 fully saturated rings.